The standard InChI is InChI=1S/C27H29Cl2N5O5S/c1-16(2)15-40(38,39)23-7-5-4-6-22(23)34(3)27(30)33-21(26(36)37)12-17-8-10-18(11-9-17)32-25(35)24-19(28)13-31-14-20(24)29/h4-11,13-14,16,21H,12,15H2,1-3H3,(H2,30,33)(H,32,35)(H,36,37)/t21-/m0/s1. The Morgan fingerprint density at radius 1 is 1.07 bits per heavy atom. The summed E-state index contributed by atoms with van der Waals surface area (Å²) in [5, 5.41) is 12.7. The Labute approximate surface area is 242 Å². The number of carbonyl (C=O) groups excluding carboxylic acids is 1. The number of para-hydroxylation sites is 1. The van der Waals surface area contributed by atoms with Crippen molar-refractivity contribution in [3.05, 3.63) is 82.1 Å². The van der Waals surface area contributed by atoms with Gasteiger partial charge in [-0.2, -0.15) is 0 Å². The lowest BCUT2D eigenvalue weighted by molar-refractivity contribution is -0.138. The number of anilines is 2. The quantitative estimate of drug-likeness (QED) is 0.225. The molecule has 0 fully saturated rings. The Hall–Kier alpha value is -3.67. The van der Waals surface area contributed by atoms with Crippen molar-refractivity contribution in [1.29, 1.82) is 0 Å². The highest BCUT2D eigenvalue weighted by atomic mass is 35.5. The van der Waals surface area contributed by atoms with E-state index in [4.69, 9.17) is 28.9 Å². The summed E-state index contributed by atoms with van der Waals surface area (Å²) in [6.45, 7) is 3.62. The van der Waals surface area contributed by atoms with Gasteiger partial charge < -0.3 is 21.1 Å². The maximum Gasteiger partial charge on any atom is 0.328 e. The van der Waals surface area contributed by atoms with Gasteiger partial charge in [0.25, 0.3) is 5.91 Å². The molecule has 0 radical (unpaired) electrons. The second kappa shape index (κ2) is 13.1. The number of amides is 1. The molecule has 40 heavy (non-hydrogen) atoms. The highest BCUT2D eigenvalue weighted by molar-refractivity contribution is 7.91. The zero-order chi connectivity index (χ0) is 29.6. The first kappa shape index (κ1) is 30.9. The van der Waals surface area contributed by atoms with E-state index in [1.165, 1.54) is 30.4 Å². The van der Waals surface area contributed by atoms with Crippen LogP contribution in [0.5, 0.6) is 0 Å². The third-order valence-corrected chi connectivity index (χ3v) is 8.45. The number of hydrogen-bond acceptors (Lipinski definition) is 6. The van der Waals surface area contributed by atoms with Crippen LogP contribution in [0.25, 0.3) is 0 Å². The van der Waals surface area contributed by atoms with Gasteiger partial charge in [-0.3, -0.25) is 9.78 Å². The minimum absolute atomic E-state index is 0.00654. The summed E-state index contributed by atoms with van der Waals surface area (Å²) in [6.07, 6.45) is 2.61. The molecule has 1 heterocycles. The third-order valence-electron chi connectivity index (χ3n) is 5.75. The first-order valence-corrected chi connectivity index (χ1v) is 14.5. The summed E-state index contributed by atoms with van der Waals surface area (Å²) in [7, 11) is -2.09. The number of carboxylic acid groups (broad SMARTS) is 1. The SMILES string of the molecule is CC(C)CS(=O)(=O)c1ccccc1N(C)C(N)=N[C@@H](Cc1ccc(NC(=O)c2c(Cl)cncc2Cl)cc1)C(=O)O. The number of halogens is 2. The number of hydrogen-bond donors (Lipinski definition) is 3. The number of nitrogens with two attached hydrogens (primary N) is 1. The van der Waals surface area contributed by atoms with Gasteiger partial charge in [0.2, 0.25) is 0 Å². The average molecular weight is 607 g/mol. The summed E-state index contributed by atoms with van der Waals surface area (Å²) in [4.78, 5) is 34.1. The number of rotatable bonds is 10. The zero-order valence-corrected chi connectivity index (χ0v) is 24.3. The second-order valence-corrected chi connectivity index (χ2v) is 12.2. The summed E-state index contributed by atoms with van der Waals surface area (Å²) in [6, 6.07) is 11.6. The summed E-state index contributed by atoms with van der Waals surface area (Å²) in [5.74, 6) is -2.03. The number of aliphatic carboxylic acids is 1. The molecule has 212 valence electrons. The topological polar surface area (TPSA) is 155 Å². The van der Waals surface area contributed by atoms with E-state index in [1.54, 1.807) is 42.5 Å². The van der Waals surface area contributed by atoms with Gasteiger partial charge in [-0.1, -0.05) is 61.3 Å². The molecule has 3 aromatic rings. The number of nitrogens with zero attached hydrogens (tertiary/aromatic N) is 3. The fourth-order valence-electron chi connectivity index (χ4n) is 3.85. The monoisotopic (exact) mass is 605 g/mol. The van der Waals surface area contributed by atoms with E-state index in [2.05, 4.69) is 15.3 Å². The second-order valence-electron chi connectivity index (χ2n) is 9.38. The number of benzene rings is 2. The lowest BCUT2D eigenvalue weighted by Crippen LogP contribution is -2.37. The lowest BCUT2D eigenvalue weighted by atomic mass is 10.1. The van der Waals surface area contributed by atoms with Gasteiger partial charge in [-0.05, 0) is 35.7 Å². The Morgan fingerprint density at radius 3 is 2.25 bits per heavy atom. The number of sulfone groups is 1. The molecular weight excluding hydrogens is 577 g/mol. The lowest BCUT2D eigenvalue weighted by Gasteiger charge is -2.23. The number of nitrogens with one attached hydrogen (secondary N) is 1. The summed E-state index contributed by atoms with van der Waals surface area (Å²) in [5.41, 5.74) is 7.59. The van der Waals surface area contributed by atoms with Gasteiger partial charge >= 0.3 is 5.97 Å². The number of aromatic nitrogens is 1. The highest BCUT2D eigenvalue weighted by Crippen LogP contribution is 2.27. The molecular formula is C27H29Cl2N5O5S. The fourth-order valence-corrected chi connectivity index (χ4v) is 6.26. The van der Waals surface area contributed by atoms with E-state index in [9.17, 15) is 23.1 Å². The van der Waals surface area contributed by atoms with E-state index < -0.39 is 27.8 Å². The van der Waals surface area contributed by atoms with Crippen LogP contribution in [-0.4, -0.2) is 55.2 Å². The van der Waals surface area contributed by atoms with Crippen LogP contribution in [0.1, 0.15) is 29.8 Å². The van der Waals surface area contributed by atoms with Crippen LogP contribution < -0.4 is 16.0 Å². The maximum atomic E-state index is 12.9. The van der Waals surface area contributed by atoms with E-state index in [1.807, 2.05) is 13.8 Å². The molecule has 0 aliphatic carbocycles. The molecule has 13 heteroatoms. The normalized spacial score (nSPS) is 12.7. The van der Waals surface area contributed by atoms with Gasteiger partial charge in [0.1, 0.15) is 0 Å². The number of guanidine groups is 1. The molecule has 3 rings (SSSR count). The Morgan fingerprint density at radius 2 is 1.68 bits per heavy atom. The smallest absolute Gasteiger partial charge is 0.328 e. The maximum absolute atomic E-state index is 12.9. The van der Waals surface area contributed by atoms with Crippen molar-refractivity contribution >= 4 is 62.2 Å². The van der Waals surface area contributed by atoms with Crippen LogP contribution in [0.3, 0.4) is 0 Å². The third kappa shape index (κ3) is 7.71. The minimum atomic E-state index is -3.61. The molecule has 0 saturated carbocycles. The van der Waals surface area contributed by atoms with Crippen molar-refractivity contribution in [3.8, 4) is 0 Å². The number of carbonyl (C=O) groups is 2. The van der Waals surface area contributed by atoms with Crippen molar-refractivity contribution in [2.75, 3.05) is 23.0 Å². The van der Waals surface area contributed by atoms with E-state index in [-0.39, 0.29) is 44.6 Å². The predicted molar refractivity (Wildman–Crippen MR) is 157 cm³/mol. The zero-order valence-electron chi connectivity index (χ0n) is 22.0. The van der Waals surface area contributed by atoms with E-state index >= 15 is 0 Å². The molecule has 0 saturated heterocycles. The summed E-state index contributed by atoms with van der Waals surface area (Å²) < 4.78 is 25.9. The van der Waals surface area contributed by atoms with Gasteiger partial charge in [0, 0.05) is 31.5 Å². The molecule has 0 spiro atoms. The largest absolute Gasteiger partial charge is 0.480 e. The van der Waals surface area contributed by atoms with Crippen LogP contribution in [0, 0.1) is 5.92 Å². The minimum Gasteiger partial charge on any atom is -0.480 e. The first-order valence-electron chi connectivity index (χ1n) is 12.1. The Kier molecular flexibility index (Phi) is 10.1. The Balaban J connectivity index is 1.78. The van der Waals surface area contributed by atoms with Crippen molar-refractivity contribution in [3.63, 3.8) is 0 Å². The van der Waals surface area contributed by atoms with Gasteiger partial charge in [-0.15, -0.1) is 0 Å². The van der Waals surface area contributed by atoms with Crippen LogP contribution in [0.15, 0.2) is 70.8 Å². The van der Waals surface area contributed by atoms with Gasteiger partial charge in [0.15, 0.2) is 21.8 Å². The van der Waals surface area contributed by atoms with Crippen LogP contribution in [0.2, 0.25) is 10.0 Å². The van der Waals surface area contributed by atoms with Crippen molar-refractivity contribution in [1.82, 2.24) is 4.98 Å². The molecule has 0 bridgehead atoms. The Bertz CT molecular complexity index is 1510. The molecule has 0 unspecified atom stereocenters. The number of carboxylic acids is 1. The molecule has 2 aromatic carbocycles. The van der Waals surface area contributed by atoms with Crippen molar-refractivity contribution in [2.24, 2.45) is 16.6 Å². The molecule has 4 N–H and O–H groups in total. The van der Waals surface area contributed by atoms with E-state index in [0.717, 1.165) is 0 Å². The average Bonchev–Trinajstić information content (AvgIpc) is 2.88. The molecule has 1 aromatic heterocycles. The molecule has 1 amide bonds. The van der Waals surface area contributed by atoms with Crippen LogP contribution in [-0.2, 0) is 21.1 Å². The fraction of sp³-hybridized carbons (Fsp3) is 0.259. The predicted octanol–water partition coefficient (Wildman–Crippen LogP) is 4.52. The molecule has 1 atom stereocenters. The van der Waals surface area contributed by atoms with Gasteiger partial charge in [0.05, 0.1) is 31.9 Å². The first-order chi connectivity index (χ1) is 18.8. The van der Waals surface area contributed by atoms with Crippen LogP contribution >= 0.6 is 23.2 Å². The summed E-state index contributed by atoms with van der Waals surface area (Å²) >= 11 is 12.1. The molecule has 10 nitrogen and oxygen atoms in total. The number of aliphatic imine (C=N–C) groups is 1. The number of pyridine rings is 1. The van der Waals surface area contributed by atoms with Gasteiger partial charge in [-0.25, -0.2) is 18.2 Å². The van der Waals surface area contributed by atoms with E-state index in [0.29, 0.717) is 16.9 Å². The molecule has 0 aliphatic heterocycles. The highest BCUT2D eigenvalue weighted by Gasteiger charge is 2.24. The van der Waals surface area contributed by atoms with Crippen molar-refractivity contribution < 1.29 is 23.1 Å². The molecule has 0 aliphatic rings. The van der Waals surface area contributed by atoms with Crippen LogP contribution in [0.4, 0.5) is 11.4 Å². The van der Waals surface area contributed by atoms with Crippen molar-refractivity contribution in [2.45, 2.75) is 31.2 Å².